The molecule has 1 aliphatic rings. The third-order valence-corrected chi connectivity index (χ3v) is 3.93. The smallest absolute Gasteiger partial charge is 0.303 e. The van der Waals surface area contributed by atoms with Crippen molar-refractivity contribution in [1.29, 1.82) is 0 Å². The fraction of sp³-hybridized carbons (Fsp3) is 0.867. The minimum atomic E-state index is -0.731. The lowest BCUT2D eigenvalue weighted by molar-refractivity contribution is -0.137. The van der Waals surface area contributed by atoms with Gasteiger partial charge in [0.15, 0.2) is 5.78 Å². The number of Topliss-reactive ketones (excluding diaryl/α,β-unsaturated/α-hetero) is 1. The van der Waals surface area contributed by atoms with E-state index in [9.17, 15) is 9.59 Å². The summed E-state index contributed by atoms with van der Waals surface area (Å²) in [5.41, 5.74) is 0. The summed E-state index contributed by atoms with van der Waals surface area (Å²) in [5.74, 6) is -0.384. The Bertz CT molecular complexity index is 306. The maximum atomic E-state index is 11.9. The molecule has 0 spiro atoms. The number of carbonyl (C=O) groups is 2. The normalized spacial score (nSPS) is 19.6. The Kier molecular flexibility index (Phi) is 8.46. The van der Waals surface area contributed by atoms with E-state index in [-0.39, 0.29) is 19.1 Å². The SMILES string of the molecule is O=C(O)CCCCCC[C@H]1C(=O)CCN1CCCCO. The van der Waals surface area contributed by atoms with Crippen LogP contribution in [0.25, 0.3) is 0 Å². The van der Waals surface area contributed by atoms with Gasteiger partial charge in [-0.2, -0.15) is 0 Å². The van der Waals surface area contributed by atoms with Gasteiger partial charge in [0.2, 0.25) is 0 Å². The third kappa shape index (κ3) is 6.48. The standard InChI is InChI=1S/C15H27NO4/c17-12-6-5-10-16-11-9-14(18)13(16)7-3-1-2-4-8-15(19)20/h13,17H,1-12H2,(H,19,20)/t13-/m0/s1. The van der Waals surface area contributed by atoms with Gasteiger partial charge in [-0.05, 0) is 32.2 Å². The zero-order chi connectivity index (χ0) is 14.8. The average Bonchev–Trinajstić information content (AvgIpc) is 2.75. The van der Waals surface area contributed by atoms with Crippen LogP contribution in [0.3, 0.4) is 0 Å². The molecule has 1 fully saturated rings. The van der Waals surface area contributed by atoms with Crippen molar-refractivity contribution < 1.29 is 19.8 Å². The van der Waals surface area contributed by atoms with Crippen molar-refractivity contribution in [1.82, 2.24) is 4.90 Å². The molecule has 1 saturated heterocycles. The van der Waals surface area contributed by atoms with Crippen LogP contribution in [0.1, 0.15) is 57.8 Å². The molecule has 0 bridgehead atoms. The molecule has 0 saturated carbocycles. The summed E-state index contributed by atoms with van der Waals surface area (Å²) in [6.45, 7) is 1.97. The zero-order valence-electron chi connectivity index (χ0n) is 12.2. The largest absolute Gasteiger partial charge is 0.481 e. The Hall–Kier alpha value is -0.940. The third-order valence-electron chi connectivity index (χ3n) is 3.93. The maximum Gasteiger partial charge on any atom is 0.303 e. The highest BCUT2D eigenvalue weighted by Gasteiger charge is 2.30. The first-order valence-electron chi connectivity index (χ1n) is 7.74. The van der Waals surface area contributed by atoms with E-state index in [1.807, 2.05) is 0 Å². The Balaban J connectivity index is 2.15. The van der Waals surface area contributed by atoms with Gasteiger partial charge in [0.05, 0.1) is 6.04 Å². The molecule has 0 amide bonds. The predicted molar refractivity (Wildman–Crippen MR) is 76.6 cm³/mol. The number of unbranched alkanes of at least 4 members (excludes halogenated alkanes) is 4. The molecule has 0 aromatic carbocycles. The summed E-state index contributed by atoms with van der Waals surface area (Å²) in [4.78, 5) is 24.5. The van der Waals surface area contributed by atoms with Gasteiger partial charge in [0.1, 0.15) is 0 Å². The number of ketones is 1. The van der Waals surface area contributed by atoms with Gasteiger partial charge >= 0.3 is 5.97 Å². The fourth-order valence-corrected chi connectivity index (χ4v) is 2.79. The van der Waals surface area contributed by atoms with Crippen LogP contribution in [0, 0.1) is 0 Å². The summed E-state index contributed by atoms with van der Waals surface area (Å²) in [7, 11) is 0. The summed E-state index contributed by atoms with van der Waals surface area (Å²) < 4.78 is 0. The lowest BCUT2D eigenvalue weighted by Gasteiger charge is -2.22. The molecule has 1 aliphatic heterocycles. The van der Waals surface area contributed by atoms with Crippen molar-refractivity contribution in [2.75, 3.05) is 19.7 Å². The minimum absolute atomic E-state index is 0.0631. The van der Waals surface area contributed by atoms with Crippen LogP contribution in [0.2, 0.25) is 0 Å². The highest BCUT2D eigenvalue weighted by atomic mass is 16.4. The minimum Gasteiger partial charge on any atom is -0.481 e. The molecule has 0 aromatic rings. The van der Waals surface area contributed by atoms with Gasteiger partial charge in [-0.15, -0.1) is 0 Å². The molecule has 0 unspecified atom stereocenters. The highest BCUT2D eigenvalue weighted by Crippen LogP contribution is 2.20. The monoisotopic (exact) mass is 285 g/mol. The molecule has 1 rings (SSSR count). The van der Waals surface area contributed by atoms with Crippen molar-refractivity contribution in [2.24, 2.45) is 0 Å². The van der Waals surface area contributed by atoms with E-state index in [0.717, 1.165) is 58.0 Å². The Morgan fingerprint density at radius 1 is 1.15 bits per heavy atom. The number of aliphatic hydroxyl groups is 1. The van der Waals surface area contributed by atoms with E-state index < -0.39 is 5.97 Å². The van der Waals surface area contributed by atoms with Crippen LogP contribution < -0.4 is 0 Å². The van der Waals surface area contributed by atoms with Crippen LogP contribution >= 0.6 is 0 Å². The average molecular weight is 285 g/mol. The number of aliphatic carboxylic acids is 1. The zero-order valence-corrected chi connectivity index (χ0v) is 12.2. The lowest BCUT2D eigenvalue weighted by atomic mass is 10.0. The second-order valence-corrected chi connectivity index (χ2v) is 5.55. The molecule has 20 heavy (non-hydrogen) atoms. The van der Waals surface area contributed by atoms with Crippen molar-refractivity contribution in [3.8, 4) is 0 Å². The van der Waals surface area contributed by atoms with Gasteiger partial charge in [-0.25, -0.2) is 0 Å². The number of carbonyl (C=O) groups excluding carboxylic acids is 1. The number of likely N-dealkylation sites (tertiary alicyclic amines) is 1. The first-order chi connectivity index (χ1) is 9.65. The Labute approximate surface area is 121 Å². The highest BCUT2D eigenvalue weighted by molar-refractivity contribution is 5.86. The van der Waals surface area contributed by atoms with Gasteiger partial charge < -0.3 is 10.2 Å². The first kappa shape index (κ1) is 17.1. The van der Waals surface area contributed by atoms with Crippen LogP contribution in [0.15, 0.2) is 0 Å². The predicted octanol–water partition coefficient (Wildman–Crippen LogP) is 1.83. The number of rotatable bonds is 11. The molecule has 5 heteroatoms. The molecule has 1 heterocycles. The molecular weight excluding hydrogens is 258 g/mol. The van der Waals surface area contributed by atoms with Crippen LogP contribution in [0.5, 0.6) is 0 Å². The maximum absolute atomic E-state index is 11.9. The van der Waals surface area contributed by atoms with E-state index in [4.69, 9.17) is 10.2 Å². The van der Waals surface area contributed by atoms with Crippen molar-refractivity contribution >= 4 is 11.8 Å². The van der Waals surface area contributed by atoms with E-state index in [1.165, 1.54) is 0 Å². The molecule has 0 aliphatic carbocycles. The second kappa shape index (κ2) is 9.88. The van der Waals surface area contributed by atoms with E-state index in [0.29, 0.717) is 12.2 Å². The van der Waals surface area contributed by atoms with Gasteiger partial charge in [-0.1, -0.05) is 19.3 Å². The fourth-order valence-electron chi connectivity index (χ4n) is 2.79. The summed E-state index contributed by atoms with van der Waals surface area (Å²) in [6, 6.07) is 0.0631. The number of hydrogen-bond donors (Lipinski definition) is 2. The Morgan fingerprint density at radius 2 is 1.90 bits per heavy atom. The van der Waals surface area contributed by atoms with Gasteiger partial charge in [-0.3, -0.25) is 14.5 Å². The second-order valence-electron chi connectivity index (χ2n) is 5.55. The molecule has 1 atom stereocenters. The number of carboxylic acids is 1. The number of aliphatic hydroxyl groups excluding tert-OH is 1. The van der Waals surface area contributed by atoms with Crippen molar-refractivity contribution in [3.63, 3.8) is 0 Å². The molecule has 0 radical (unpaired) electrons. The number of carboxylic acid groups (broad SMARTS) is 1. The molecular formula is C15H27NO4. The van der Waals surface area contributed by atoms with Crippen LogP contribution in [0.4, 0.5) is 0 Å². The van der Waals surface area contributed by atoms with Gasteiger partial charge in [0, 0.05) is 26.0 Å². The van der Waals surface area contributed by atoms with Crippen LogP contribution in [-0.4, -0.2) is 52.6 Å². The quantitative estimate of drug-likeness (QED) is 0.566. The molecule has 116 valence electrons. The Morgan fingerprint density at radius 3 is 2.60 bits per heavy atom. The first-order valence-corrected chi connectivity index (χ1v) is 7.74. The lowest BCUT2D eigenvalue weighted by Crippen LogP contribution is -2.33. The topological polar surface area (TPSA) is 77.8 Å². The summed E-state index contributed by atoms with van der Waals surface area (Å²) >= 11 is 0. The number of nitrogens with zero attached hydrogens (tertiary/aromatic N) is 1. The molecule has 0 aromatic heterocycles. The van der Waals surface area contributed by atoms with Gasteiger partial charge in [0.25, 0.3) is 0 Å². The van der Waals surface area contributed by atoms with Crippen molar-refractivity contribution in [2.45, 2.75) is 63.8 Å². The van der Waals surface area contributed by atoms with E-state index >= 15 is 0 Å². The summed E-state index contributed by atoms with van der Waals surface area (Å²) in [6.07, 6.45) is 7.19. The summed E-state index contributed by atoms with van der Waals surface area (Å²) in [5, 5.41) is 17.3. The van der Waals surface area contributed by atoms with E-state index in [1.54, 1.807) is 0 Å². The van der Waals surface area contributed by atoms with E-state index in [2.05, 4.69) is 4.90 Å². The van der Waals surface area contributed by atoms with Crippen molar-refractivity contribution in [3.05, 3.63) is 0 Å². The molecule has 5 nitrogen and oxygen atoms in total. The number of hydrogen-bond acceptors (Lipinski definition) is 4. The van der Waals surface area contributed by atoms with Crippen LogP contribution in [-0.2, 0) is 9.59 Å². The molecule has 2 N–H and O–H groups in total.